The summed E-state index contributed by atoms with van der Waals surface area (Å²) in [7, 11) is -16.5. The zero-order chi connectivity index (χ0) is 49.7. The van der Waals surface area contributed by atoms with Gasteiger partial charge in [-0.15, -0.1) is 0 Å². The van der Waals surface area contributed by atoms with Gasteiger partial charge in [0.05, 0.1) is 0 Å². The second kappa shape index (κ2) is 18.4. The highest BCUT2D eigenvalue weighted by Crippen LogP contribution is 2.33. The van der Waals surface area contributed by atoms with Gasteiger partial charge in [0.1, 0.15) is 11.5 Å². The van der Waals surface area contributed by atoms with Crippen LogP contribution in [0, 0.1) is 87.3 Å². The molecule has 0 heterocycles. The van der Waals surface area contributed by atoms with Crippen LogP contribution in [-0.4, -0.2) is 31.5 Å². The molecule has 11 nitrogen and oxygen atoms in total. The van der Waals surface area contributed by atoms with Crippen molar-refractivity contribution in [1.82, 2.24) is 0 Å². The van der Waals surface area contributed by atoms with E-state index in [0.717, 1.165) is 72.8 Å². The lowest BCUT2D eigenvalue weighted by Gasteiger charge is -2.21. The average molecular weight is 1030 g/mol. The third-order valence-electron chi connectivity index (χ3n) is 8.67. The van der Waals surface area contributed by atoms with E-state index in [-0.39, 0.29) is 17.1 Å². The van der Waals surface area contributed by atoms with Crippen molar-refractivity contribution in [1.29, 1.82) is 0 Å². The first kappa shape index (κ1) is 49.6. The molecule has 0 aliphatic carbocycles. The number of ether oxygens (including phenoxy) is 2. The molecule has 6 aromatic rings. The molecule has 29 heteroatoms. The number of rotatable bonds is 15. The Morgan fingerprint density at radius 3 is 0.776 bits per heavy atom. The number of benzene rings is 6. The second-order valence-electron chi connectivity index (χ2n) is 13.1. The molecule has 0 fully saturated rings. The molecule has 0 spiro atoms. The second-order valence-corrected chi connectivity index (χ2v) is 18.0. The number of hydrogen-bond acceptors (Lipinski definition) is 8. The molecule has 0 aliphatic heterocycles. The van der Waals surface area contributed by atoms with E-state index in [1.165, 1.54) is 0 Å². The van der Waals surface area contributed by atoms with Crippen molar-refractivity contribution in [2.75, 3.05) is 14.2 Å². The van der Waals surface area contributed by atoms with Gasteiger partial charge in [0.15, 0.2) is 84.5 Å². The van der Waals surface area contributed by atoms with Gasteiger partial charge < -0.3 is 9.47 Å². The van der Waals surface area contributed by atoms with Gasteiger partial charge in [0.2, 0.25) is 23.7 Å². The van der Waals surface area contributed by atoms with Crippen molar-refractivity contribution in [2.45, 2.75) is 27.4 Å². The SMILES string of the molecule is O=S(=O)(Nc1ccc(CC(Oc2ccc(NS(=O)(=O)c3c(F)c(F)c(F)c(F)c3F)cc2)Oc2ccc(NS(=O)(=O)c3c(F)c(F)c(F)c(F)c3F)cc2)cc1)c1c(F)c(F)c(F)c(F)c1F. The van der Waals surface area contributed by atoms with E-state index in [1.54, 1.807) is 14.2 Å². The summed E-state index contributed by atoms with van der Waals surface area (Å²) in [6.45, 7) is 0. The van der Waals surface area contributed by atoms with Crippen LogP contribution in [0.15, 0.2) is 87.5 Å². The van der Waals surface area contributed by atoms with Crippen LogP contribution < -0.4 is 23.6 Å². The largest absolute Gasteiger partial charge is 0.455 e. The minimum absolute atomic E-state index is 0.128. The van der Waals surface area contributed by atoms with E-state index in [2.05, 4.69) is 0 Å². The predicted molar refractivity (Wildman–Crippen MR) is 199 cm³/mol. The van der Waals surface area contributed by atoms with Crippen molar-refractivity contribution < 1.29 is 101 Å². The highest BCUT2D eigenvalue weighted by atomic mass is 32.2. The Hall–Kier alpha value is -6.88. The Morgan fingerprint density at radius 1 is 0.328 bits per heavy atom. The predicted octanol–water partition coefficient (Wildman–Crippen LogP) is 9.20. The molecule has 356 valence electrons. The van der Waals surface area contributed by atoms with Crippen molar-refractivity contribution in [2.24, 2.45) is 0 Å². The van der Waals surface area contributed by atoms with Crippen molar-refractivity contribution in [3.8, 4) is 11.5 Å². The summed E-state index contributed by atoms with van der Waals surface area (Å²) in [4.78, 5) is -6.64. The highest BCUT2D eigenvalue weighted by Gasteiger charge is 2.36. The van der Waals surface area contributed by atoms with E-state index >= 15 is 0 Å². The molecule has 0 aliphatic rings. The maximum atomic E-state index is 14.3. The number of anilines is 3. The van der Waals surface area contributed by atoms with Crippen LogP contribution in [-0.2, 0) is 36.5 Å². The van der Waals surface area contributed by atoms with Crippen molar-refractivity contribution >= 4 is 47.1 Å². The van der Waals surface area contributed by atoms with Crippen LogP contribution in [0.2, 0.25) is 0 Å². The standard InChI is InChI=1S/C38H18F15N3O8S3/c39-21-24(42)30(48)36(31(49)25(21)43)65(57,58)54-15-3-1-14(2-4-15)13-20(63-18-9-5-16(6-10-18)55-66(59,60)37-32(50)26(44)22(40)27(45)33(37)51)64-19-11-7-17(8-12-19)56-67(61,62)38-34(52)28(46)23(41)29(47)35(38)53/h1-12,20,54-56H,13H2. The Bertz CT molecular complexity index is 2860. The number of sulfonamides is 3. The number of nitrogens with one attached hydrogen (secondary N) is 3. The van der Waals surface area contributed by atoms with Gasteiger partial charge in [-0.3, -0.25) is 14.2 Å². The zero-order valence-corrected chi connectivity index (χ0v) is 34.3. The van der Waals surface area contributed by atoms with E-state index in [1.807, 2.05) is 0 Å². The Labute approximate surface area is 365 Å². The Morgan fingerprint density at radius 2 is 0.537 bits per heavy atom. The average Bonchev–Trinajstić information content (AvgIpc) is 3.26. The molecule has 0 unspecified atom stereocenters. The first-order valence-electron chi connectivity index (χ1n) is 17.4. The molecule has 0 aromatic heterocycles. The molecule has 67 heavy (non-hydrogen) atoms. The van der Waals surface area contributed by atoms with E-state index in [0.29, 0.717) is 0 Å². The molecule has 0 saturated heterocycles. The lowest BCUT2D eigenvalue weighted by atomic mass is 10.1. The summed E-state index contributed by atoms with van der Waals surface area (Å²) in [5.41, 5.74) is -1.45. The third-order valence-corrected chi connectivity index (χ3v) is 12.9. The molecule has 6 aromatic carbocycles. The molecule has 3 N–H and O–H groups in total. The Kier molecular flexibility index (Phi) is 13.6. The first-order valence-corrected chi connectivity index (χ1v) is 21.9. The summed E-state index contributed by atoms with van der Waals surface area (Å²) in [5.74, 6) is -39.8. The summed E-state index contributed by atoms with van der Waals surface area (Å²) >= 11 is 0. The lowest BCUT2D eigenvalue weighted by molar-refractivity contribution is 0.00665. The van der Waals surface area contributed by atoms with Crippen LogP contribution in [0.4, 0.5) is 82.9 Å². The van der Waals surface area contributed by atoms with Gasteiger partial charge in [-0.25, -0.2) is 91.1 Å². The molecule has 0 bridgehead atoms. The van der Waals surface area contributed by atoms with Crippen LogP contribution in [0.1, 0.15) is 5.56 Å². The third kappa shape index (κ3) is 9.82. The lowest BCUT2D eigenvalue weighted by Crippen LogP contribution is -2.26. The highest BCUT2D eigenvalue weighted by molar-refractivity contribution is 7.93. The van der Waals surface area contributed by atoms with Crippen LogP contribution in [0.3, 0.4) is 0 Å². The van der Waals surface area contributed by atoms with Crippen LogP contribution in [0.5, 0.6) is 11.5 Å². The fourth-order valence-electron chi connectivity index (χ4n) is 5.60. The van der Waals surface area contributed by atoms with E-state index in [9.17, 15) is 91.1 Å². The van der Waals surface area contributed by atoms with Gasteiger partial charge in [-0.05, 0) is 66.2 Å². The van der Waals surface area contributed by atoms with Gasteiger partial charge in [-0.1, -0.05) is 12.1 Å². The van der Waals surface area contributed by atoms with Crippen LogP contribution in [0.25, 0.3) is 0 Å². The molecule has 0 atom stereocenters. The zero-order valence-electron chi connectivity index (χ0n) is 31.9. The summed E-state index contributed by atoms with van der Waals surface area (Å²) in [6, 6.07) is 11.5. The smallest absolute Gasteiger partial charge is 0.267 e. The molecular formula is C38H18F15N3O8S3. The first-order chi connectivity index (χ1) is 31.2. The summed E-state index contributed by atoms with van der Waals surface area (Å²) < 4.78 is 301. The van der Waals surface area contributed by atoms with Gasteiger partial charge in [-0.2, -0.15) is 0 Å². The van der Waals surface area contributed by atoms with Gasteiger partial charge >= 0.3 is 0 Å². The van der Waals surface area contributed by atoms with E-state index in [4.69, 9.17) is 9.47 Å². The number of halogens is 15. The molecule has 0 radical (unpaired) electrons. The van der Waals surface area contributed by atoms with Crippen LogP contribution >= 0.6 is 0 Å². The normalized spacial score (nSPS) is 12.1. The number of hydrogen-bond donors (Lipinski definition) is 3. The molecular weight excluding hydrogens is 1010 g/mol. The fourth-order valence-corrected chi connectivity index (χ4v) is 9.19. The monoisotopic (exact) mass is 1030 g/mol. The van der Waals surface area contributed by atoms with Gasteiger partial charge in [0, 0.05) is 23.5 Å². The quantitative estimate of drug-likeness (QED) is 0.0398. The maximum Gasteiger partial charge on any atom is 0.267 e. The molecule has 0 saturated carbocycles. The van der Waals surface area contributed by atoms with Crippen molar-refractivity contribution in [3.05, 3.63) is 166 Å². The fraction of sp³-hybridized carbons (Fsp3) is 0.0526. The topological polar surface area (TPSA) is 157 Å². The van der Waals surface area contributed by atoms with E-state index < -0.39 is 162 Å². The molecule has 0 amide bonds. The molecule has 6 rings (SSSR count). The van der Waals surface area contributed by atoms with Gasteiger partial charge in [0.25, 0.3) is 30.1 Å². The minimum atomic E-state index is -5.50. The van der Waals surface area contributed by atoms with Crippen molar-refractivity contribution in [3.63, 3.8) is 0 Å². The Balaban J connectivity index is 1.26. The maximum absolute atomic E-state index is 14.3. The summed E-state index contributed by atoms with van der Waals surface area (Å²) in [5, 5.41) is 0. The summed E-state index contributed by atoms with van der Waals surface area (Å²) in [6.07, 6.45) is -2.02. The minimum Gasteiger partial charge on any atom is -0.455 e.